The van der Waals surface area contributed by atoms with Crippen LogP contribution in [0.2, 0.25) is 0 Å². The molecule has 0 saturated carbocycles. The standard InChI is InChI=1S/C14H12FN5S/c15-10-3-1-9(2-4-10)12-18-14-17-6-5-11(20(14)19-12)13-16-7-8-21-13/h1-4,7-8,11H,5-6H2,(H,17,18,19). The Morgan fingerprint density at radius 2 is 2.14 bits per heavy atom. The number of benzene rings is 1. The third-order valence-electron chi connectivity index (χ3n) is 3.47. The van der Waals surface area contributed by atoms with Gasteiger partial charge in [0.15, 0.2) is 5.82 Å². The monoisotopic (exact) mass is 301 g/mol. The zero-order chi connectivity index (χ0) is 14.2. The first-order valence-electron chi connectivity index (χ1n) is 6.67. The quantitative estimate of drug-likeness (QED) is 0.790. The lowest BCUT2D eigenvalue weighted by atomic mass is 10.2. The molecule has 5 nitrogen and oxygen atoms in total. The van der Waals surface area contributed by atoms with Gasteiger partial charge in [0.05, 0.1) is 0 Å². The molecule has 3 heterocycles. The maximum atomic E-state index is 13.0. The van der Waals surface area contributed by atoms with E-state index in [0.29, 0.717) is 5.82 Å². The van der Waals surface area contributed by atoms with E-state index in [0.717, 1.165) is 29.5 Å². The molecule has 7 heteroatoms. The maximum absolute atomic E-state index is 13.0. The van der Waals surface area contributed by atoms with Crippen molar-refractivity contribution in [1.82, 2.24) is 19.7 Å². The molecule has 21 heavy (non-hydrogen) atoms. The maximum Gasteiger partial charge on any atom is 0.222 e. The van der Waals surface area contributed by atoms with Gasteiger partial charge in [0.25, 0.3) is 0 Å². The minimum absolute atomic E-state index is 0.114. The molecular weight excluding hydrogens is 289 g/mol. The molecule has 0 bridgehead atoms. The number of anilines is 1. The largest absolute Gasteiger partial charge is 0.354 e. The van der Waals surface area contributed by atoms with Crippen LogP contribution >= 0.6 is 11.3 Å². The van der Waals surface area contributed by atoms with Crippen molar-refractivity contribution in [3.63, 3.8) is 0 Å². The molecule has 106 valence electrons. The minimum atomic E-state index is -0.262. The van der Waals surface area contributed by atoms with Crippen molar-refractivity contribution in [2.45, 2.75) is 12.5 Å². The smallest absolute Gasteiger partial charge is 0.222 e. The van der Waals surface area contributed by atoms with E-state index in [9.17, 15) is 4.39 Å². The Kier molecular flexibility index (Phi) is 2.92. The highest BCUT2D eigenvalue weighted by atomic mass is 32.1. The van der Waals surface area contributed by atoms with E-state index in [2.05, 4.69) is 20.4 Å². The average Bonchev–Trinajstić information content (AvgIpc) is 3.17. The summed E-state index contributed by atoms with van der Waals surface area (Å²) in [4.78, 5) is 8.89. The Morgan fingerprint density at radius 1 is 1.29 bits per heavy atom. The van der Waals surface area contributed by atoms with Crippen LogP contribution in [-0.2, 0) is 0 Å². The van der Waals surface area contributed by atoms with Gasteiger partial charge in [0, 0.05) is 23.7 Å². The number of nitrogens with zero attached hydrogens (tertiary/aromatic N) is 4. The van der Waals surface area contributed by atoms with Crippen molar-refractivity contribution in [1.29, 1.82) is 0 Å². The number of hydrogen-bond donors (Lipinski definition) is 1. The van der Waals surface area contributed by atoms with E-state index in [1.807, 2.05) is 10.1 Å². The van der Waals surface area contributed by atoms with Crippen molar-refractivity contribution < 1.29 is 4.39 Å². The average molecular weight is 301 g/mol. The number of aromatic nitrogens is 4. The number of fused-ring (bicyclic) bond motifs is 1. The molecule has 3 aromatic rings. The minimum Gasteiger partial charge on any atom is -0.354 e. The van der Waals surface area contributed by atoms with Crippen LogP contribution in [-0.4, -0.2) is 26.3 Å². The van der Waals surface area contributed by atoms with E-state index in [1.54, 1.807) is 29.7 Å². The molecule has 0 saturated heterocycles. The lowest BCUT2D eigenvalue weighted by Crippen LogP contribution is -2.24. The summed E-state index contributed by atoms with van der Waals surface area (Å²) in [7, 11) is 0. The third-order valence-corrected chi connectivity index (χ3v) is 4.34. The van der Waals surface area contributed by atoms with Crippen LogP contribution in [0.25, 0.3) is 11.4 Å². The second-order valence-corrected chi connectivity index (χ2v) is 5.74. The molecule has 1 aliphatic rings. The van der Waals surface area contributed by atoms with Gasteiger partial charge in [0.1, 0.15) is 16.9 Å². The summed E-state index contributed by atoms with van der Waals surface area (Å²) >= 11 is 1.62. The molecule has 0 amide bonds. The van der Waals surface area contributed by atoms with Crippen LogP contribution in [0.1, 0.15) is 17.5 Å². The fourth-order valence-corrected chi connectivity index (χ4v) is 3.21. The summed E-state index contributed by atoms with van der Waals surface area (Å²) in [6, 6.07) is 6.33. The lowest BCUT2D eigenvalue weighted by molar-refractivity contribution is 0.479. The van der Waals surface area contributed by atoms with Crippen LogP contribution in [0.15, 0.2) is 35.8 Å². The van der Waals surface area contributed by atoms with Crippen LogP contribution in [0.4, 0.5) is 10.3 Å². The summed E-state index contributed by atoms with van der Waals surface area (Å²) < 4.78 is 14.9. The van der Waals surface area contributed by atoms with E-state index >= 15 is 0 Å². The summed E-state index contributed by atoms with van der Waals surface area (Å²) in [6.07, 6.45) is 2.73. The van der Waals surface area contributed by atoms with Gasteiger partial charge in [-0.3, -0.25) is 0 Å². The molecule has 1 aromatic carbocycles. The Balaban J connectivity index is 1.75. The zero-order valence-corrected chi connectivity index (χ0v) is 11.8. The van der Waals surface area contributed by atoms with Crippen molar-refractivity contribution in [2.75, 3.05) is 11.9 Å². The van der Waals surface area contributed by atoms with Gasteiger partial charge in [-0.15, -0.1) is 16.4 Å². The summed E-state index contributed by atoms with van der Waals surface area (Å²) in [5.74, 6) is 1.07. The number of rotatable bonds is 2. The van der Waals surface area contributed by atoms with Gasteiger partial charge in [0.2, 0.25) is 5.95 Å². The summed E-state index contributed by atoms with van der Waals surface area (Å²) in [5.41, 5.74) is 0.804. The van der Waals surface area contributed by atoms with Gasteiger partial charge in [-0.1, -0.05) is 0 Å². The van der Waals surface area contributed by atoms with Crippen molar-refractivity contribution in [3.8, 4) is 11.4 Å². The lowest BCUT2D eigenvalue weighted by Gasteiger charge is -2.22. The van der Waals surface area contributed by atoms with Gasteiger partial charge in [-0.25, -0.2) is 14.1 Å². The van der Waals surface area contributed by atoms with Crippen molar-refractivity contribution in [3.05, 3.63) is 46.7 Å². The Morgan fingerprint density at radius 3 is 2.90 bits per heavy atom. The third kappa shape index (κ3) is 2.19. The molecular formula is C14H12FN5S. The van der Waals surface area contributed by atoms with E-state index in [4.69, 9.17) is 0 Å². The molecule has 1 aliphatic heterocycles. The number of thiazole rings is 1. The van der Waals surface area contributed by atoms with Gasteiger partial charge < -0.3 is 5.32 Å². The number of halogens is 1. The SMILES string of the molecule is Fc1ccc(-c2nc3n(n2)C(c2nccs2)CCN3)cc1. The predicted molar refractivity (Wildman–Crippen MR) is 78.8 cm³/mol. The molecule has 1 unspecified atom stereocenters. The van der Waals surface area contributed by atoms with Gasteiger partial charge >= 0.3 is 0 Å². The van der Waals surface area contributed by atoms with Crippen LogP contribution in [0.5, 0.6) is 0 Å². The van der Waals surface area contributed by atoms with Crippen molar-refractivity contribution >= 4 is 17.3 Å². The molecule has 0 fully saturated rings. The zero-order valence-electron chi connectivity index (χ0n) is 11.0. The van der Waals surface area contributed by atoms with E-state index in [1.165, 1.54) is 12.1 Å². The second-order valence-electron chi connectivity index (χ2n) is 4.81. The normalized spacial score (nSPS) is 17.3. The highest BCUT2D eigenvalue weighted by Crippen LogP contribution is 2.31. The fraction of sp³-hybridized carbons (Fsp3) is 0.214. The fourth-order valence-electron chi connectivity index (χ4n) is 2.45. The van der Waals surface area contributed by atoms with E-state index in [-0.39, 0.29) is 11.9 Å². The topological polar surface area (TPSA) is 55.6 Å². The molecule has 2 aromatic heterocycles. The molecule has 1 atom stereocenters. The number of hydrogen-bond acceptors (Lipinski definition) is 5. The Hall–Kier alpha value is -2.28. The first kappa shape index (κ1) is 12.5. The molecule has 4 rings (SSSR count). The van der Waals surface area contributed by atoms with Crippen LogP contribution < -0.4 is 5.32 Å². The predicted octanol–water partition coefficient (Wildman–Crippen LogP) is 2.95. The molecule has 0 spiro atoms. The van der Waals surface area contributed by atoms with Gasteiger partial charge in [-0.2, -0.15) is 4.98 Å². The van der Waals surface area contributed by atoms with E-state index < -0.39 is 0 Å². The summed E-state index contributed by atoms with van der Waals surface area (Å²) in [5, 5.41) is 10.8. The first-order valence-corrected chi connectivity index (χ1v) is 7.55. The van der Waals surface area contributed by atoms with Crippen LogP contribution in [0, 0.1) is 5.82 Å². The van der Waals surface area contributed by atoms with Crippen molar-refractivity contribution in [2.24, 2.45) is 0 Å². The first-order chi connectivity index (χ1) is 10.3. The highest BCUT2D eigenvalue weighted by molar-refractivity contribution is 7.09. The number of nitrogens with one attached hydrogen (secondary N) is 1. The Labute approximate surface area is 124 Å². The summed E-state index contributed by atoms with van der Waals surface area (Å²) in [6.45, 7) is 0.839. The molecule has 1 N–H and O–H groups in total. The Bertz CT molecular complexity index is 750. The molecule has 0 aliphatic carbocycles. The second kappa shape index (κ2) is 4.92. The highest BCUT2D eigenvalue weighted by Gasteiger charge is 2.26. The van der Waals surface area contributed by atoms with Gasteiger partial charge in [-0.05, 0) is 30.7 Å². The molecule has 0 radical (unpaired) electrons. The van der Waals surface area contributed by atoms with Crippen LogP contribution in [0.3, 0.4) is 0 Å².